The first-order valence-corrected chi connectivity index (χ1v) is 5.84. The molecule has 1 aliphatic carbocycles. The molecule has 0 spiro atoms. The molecule has 0 aromatic heterocycles. The van der Waals surface area contributed by atoms with E-state index >= 15 is 0 Å². The predicted molar refractivity (Wildman–Crippen MR) is 56.2 cm³/mol. The first-order chi connectivity index (χ1) is 7.29. The van der Waals surface area contributed by atoms with Crippen molar-refractivity contribution in [1.29, 1.82) is 0 Å². The minimum absolute atomic E-state index is 0.149. The van der Waals surface area contributed by atoms with Gasteiger partial charge in [0.1, 0.15) is 6.10 Å². The quantitative estimate of drug-likeness (QED) is 0.772. The van der Waals surface area contributed by atoms with E-state index in [9.17, 15) is 9.90 Å². The van der Waals surface area contributed by atoms with E-state index in [4.69, 9.17) is 4.74 Å². The topological polar surface area (TPSA) is 46.5 Å². The molecular formula is C12H18O3. The van der Waals surface area contributed by atoms with Gasteiger partial charge in [-0.25, -0.2) is 0 Å². The molecular weight excluding hydrogens is 192 g/mol. The van der Waals surface area contributed by atoms with Gasteiger partial charge in [0.05, 0.1) is 6.61 Å². The number of aliphatic hydroxyl groups is 1. The van der Waals surface area contributed by atoms with Crippen LogP contribution in [0.5, 0.6) is 0 Å². The van der Waals surface area contributed by atoms with Crippen molar-refractivity contribution < 1.29 is 14.6 Å². The summed E-state index contributed by atoms with van der Waals surface area (Å²) in [5.74, 6) is 0.323. The highest BCUT2D eigenvalue weighted by Crippen LogP contribution is 2.28. The molecule has 3 nitrogen and oxygen atoms in total. The van der Waals surface area contributed by atoms with Crippen LogP contribution in [0.2, 0.25) is 0 Å². The van der Waals surface area contributed by atoms with E-state index in [2.05, 4.69) is 0 Å². The Morgan fingerprint density at radius 3 is 2.73 bits per heavy atom. The van der Waals surface area contributed by atoms with Gasteiger partial charge in [0.2, 0.25) is 5.78 Å². The normalized spacial score (nSPS) is 24.5. The van der Waals surface area contributed by atoms with Crippen LogP contribution in [0.4, 0.5) is 0 Å². The molecule has 0 aromatic rings. The zero-order valence-electron chi connectivity index (χ0n) is 8.95. The molecule has 0 amide bonds. The van der Waals surface area contributed by atoms with Gasteiger partial charge < -0.3 is 9.84 Å². The molecule has 1 aliphatic heterocycles. The number of carbonyl (C=O) groups excluding carboxylic acids is 1. The summed E-state index contributed by atoms with van der Waals surface area (Å²) in [6.45, 7) is 0.582. The lowest BCUT2D eigenvalue weighted by Gasteiger charge is -2.25. The molecule has 2 aliphatic rings. The summed E-state index contributed by atoms with van der Waals surface area (Å²) in [5, 5.41) is 9.93. The molecule has 0 aromatic carbocycles. The SMILES string of the molecule is O=C(C1=CCCO1)C(O)C1CCCCC1. The van der Waals surface area contributed by atoms with E-state index in [-0.39, 0.29) is 11.7 Å². The van der Waals surface area contributed by atoms with Crippen molar-refractivity contribution in [1.82, 2.24) is 0 Å². The summed E-state index contributed by atoms with van der Waals surface area (Å²) in [6.07, 6.45) is 7.18. The molecule has 1 saturated carbocycles. The van der Waals surface area contributed by atoms with Crippen molar-refractivity contribution in [2.24, 2.45) is 5.92 Å². The van der Waals surface area contributed by atoms with E-state index in [1.807, 2.05) is 0 Å². The molecule has 0 bridgehead atoms. The molecule has 1 N–H and O–H groups in total. The van der Waals surface area contributed by atoms with Crippen LogP contribution < -0.4 is 0 Å². The van der Waals surface area contributed by atoms with Crippen LogP contribution in [0.25, 0.3) is 0 Å². The van der Waals surface area contributed by atoms with E-state index in [1.54, 1.807) is 6.08 Å². The average molecular weight is 210 g/mol. The van der Waals surface area contributed by atoms with Crippen LogP contribution in [-0.4, -0.2) is 23.6 Å². The van der Waals surface area contributed by atoms with E-state index in [1.165, 1.54) is 6.42 Å². The van der Waals surface area contributed by atoms with Gasteiger partial charge in [0.25, 0.3) is 0 Å². The first kappa shape index (κ1) is 10.7. The Bertz CT molecular complexity index is 264. The number of rotatable bonds is 3. The average Bonchev–Trinajstić information content (AvgIpc) is 2.82. The fraction of sp³-hybridized carbons (Fsp3) is 0.750. The Morgan fingerprint density at radius 1 is 1.40 bits per heavy atom. The molecule has 0 radical (unpaired) electrons. The summed E-state index contributed by atoms with van der Waals surface area (Å²) >= 11 is 0. The lowest BCUT2D eigenvalue weighted by molar-refractivity contribution is -0.129. The fourth-order valence-corrected chi connectivity index (χ4v) is 2.40. The number of hydrogen-bond donors (Lipinski definition) is 1. The molecule has 0 saturated heterocycles. The zero-order chi connectivity index (χ0) is 10.7. The number of ether oxygens (including phenoxy) is 1. The Hall–Kier alpha value is -0.830. The maximum atomic E-state index is 11.8. The molecule has 1 unspecified atom stereocenters. The van der Waals surface area contributed by atoms with Crippen molar-refractivity contribution in [2.75, 3.05) is 6.61 Å². The second-order valence-corrected chi connectivity index (χ2v) is 4.41. The van der Waals surface area contributed by atoms with E-state index < -0.39 is 6.10 Å². The van der Waals surface area contributed by atoms with Crippen LogP contribution in [0.1, 0.15) is 38.5 Å². The van der Waals surface area contributed by atoms with Crippen LogP contribution in [-0.2, 0) is 9.53 Å². The van der Waals surface area contributed by atoms with Crippen molar-refractivity contribution in [2.45, 2.75) is 44.6 Å². The maximum Gasteiger partial charge on any atom is 0.225 e. The largest absolute Gasteiger partial charge is 0.490 e. The van der Waals surface area contributed by atoms with Gasteiger partial charge in [0, 0.05) is 6.42 Å². The van der Waals surface area contributed by atoms with Gasteiger partial charge in [0.15, 0.2) is 5.76 Å². The molecule has 3 heteroatoms. The molecule has 1 atom stereocenters. The monoisotopic (exact) mass is 210 g/mol. The zero-order valence-corrected chi connectivity index (χ0v) is 8.95. The van der Waals surface area contributed by atoms with Gasteiger partial charge in [-0.05, 0) is 24.8 Å². The third kappa shape index (κ3) is 2.40. The second kappa shape index (κ2) is 4.79. The lowest BCUT2D eigenvalue weighted by atomic mass is 9.83. The van der Waals surface area contributed by atoms with Crippen molar-refractivity contribution in [3.8, 4) is 0 Å². The summed E-state index contributed by atoms with van der Waals surface area (Å²) in [5.41, 5.74) is 0. The number of hydrogen-bond acceptors (Lipinski definition) is 3. The Kier molecular flexibility index (Phi) is 3.41. The van der Waals surface area contributed by atoms with Gasteiger partial charge in [-0.2, -0.15) is 0 Å². The lowest BCUT2D eigenvalue weighted by Crippen LogP contribution is -2.32. The van der Waals surface area contributed by atoms with Gasteiger partial charge >= 0.3 is 0 Å². The highest BCUT2D eigenvalue weighted by atomic mass is 16.5. The van der Waals surface area contributed by atoms with Crippen LogP contribution in [0, 0.1) is 5.92 Å². The third-order valence-electron chi connectivity index (χ3n) is 3.31. The minimum atomic E-state index is -0.838. The Labute approximate surface area is 90.1 Å². The molecule has 2 rings (SSSR count). The van der Waals surface area contributed by atoms with Crippen LogP contribution in [0.3, 0.4) is 0 Å². The fourth-order valence-electron chi connectivity index (χ4n) is 2.40. The second-order valence-electron chi connectivity index (χ2n) is 4.41. The third-order valence-corrected chi connectivity index (χ3v) is 3.31. The van der Waals surface area contributed by atoms with E-state index in [0.29, 0.717) is 12.4 Å². The van der Waals surface area contributed by atoms with Gasteiger partial charge in [-0.1, -0.05) is 19.3 Å². The highest BCUT2D eigenvalue weighted by Gasteiger charge is 2.30. The molecule has 1 fully saturated rings. The summed E-state index contributed by atoms with van der Waals surface area (Å²) in [7, 11) is 0. The van der Waals surface area contributed by atoms with Crippen molar-refractivity contribution >= 4 is 5.78 Å². The number of carbonyl (C=O) groups is 1. The first-order valence-electron chi connectivity index (χ1n) is 5.84. The van der Waals surface area contributed by atoms with Crippen molar-refractivity contribution in [3.05, 3.63) is 11.8 Å². The van der Waals surface area contributed by atoms with E-state index in [0.717, 1.165) is 32.1 Å². The van der Waals surface area contributed by atoms with Crippen LogP contribution >= 0.6 is 0 Å². The minimum Gasteiger partial charge on any atom is -0.490 e. The standard InChI is InChI=1S/C12H18O3/c13-11(9-5-2-1-3-6-9)12(14)10-7-4-8-15-10/h7,9,11,13H,1-6,8H2. The predicted octanol–water partition coefficient (Wildman–Crippen LogP) is 1.80. The van der Waals surface area contributed by atoms with Gasteiger partial charge in [-0.3, -0.25) is 4.79 Å². The summed E-state index contributed by atoms with van der Waals surface area (Å²) in [4.78, 5) is 11.8. The molecule has 84 valence electrons. The smallest absolute Gasteiger partial charge is 0.225 e. The maximum absolute atomic E-state index is 11.8. The number of ketones is 1. The van der Waals surface area contributed by atoms with Gasteiger partial charge in [-0.15, -0.1) is 0 Å². The summed E-state index contributed by atoms with van der Waals surface area (Å²) in [6, 6.07) is 0. The summed E-state index contributed by atoms with van der Waals surface area (Å²) < 4.78 is 5.18. The van der Waals surface area contributed by atoms with Crippen LogP contribution in [0.15, 0.2) is 11.8 Å². The van der Waals surface area contributed by atoms with Crippen molar-refractivity contribution in [3.63, 3.8) is 0 Å². The Morgan fingerprint density at radius 2 is 2.13 bits per heavy atom. The highest BCUT2D eigenvalue weighted by molar-refractivity contribution is 5.97. The number of Topliss-reactive ketones (excluding diaryl/α,β-unsaturated/α-hetero) is 1. The molecule has 15 heavy (non-hydrogen) atoms. The Balaban J connectivity index is 1.93. The number of aliphatic hydroxyl groups excluding tert-OH is 1. The molecule has 1 heterocycles.